The van der Waals surface area contributed by atoms with Gasteiger partial charge in [-0.1, -0.05) is 51.1 Å². The summed E-state index contributed by atoms with van der Waals surface area (Å²) in [4.78, 5) is 51.5. The lowest BCUT2D eigenvalue weighted by Crippen LogP contribution is -2.46. The molecule has 0 aliphatic carbocycles. The Hall–Kier alpha value is -4.52. The highest BCUT2D eigenvalue weighted by Crippen LogP contribution is 2.41. The van der Waals surface area contributed by atoms with Crippen LogP contribution in [0.1, 0.15) is 57.3 Å². The zero-order valence-corrected chi connectivity index (χ0v) is 28.2. The molecule has 0 unspecified atom stereocenters. The molecule has 1 aliphatic rings. The van der Waals surface area contributed by atoms with Crippen molar-refractivity contribution in [2.45, 2.75) is 58.7 Å². The lowest BCUT2D eigenvalue weighted by molar-refractivity contribution is -0.140. The van der Waals surface area contributed by atoms with Gasteiger partial charge in [-0.3, -0.25) is 24.1 Å². The van der Waals surface area contributed by atoms with Gasteiger partial charge in [0.05, 0.1) is 12.6 Å². The highest BCUT2D eigenvalue weighted by molar-refractivity contribution is 6.14. The van der Waals surface area contributed by atoms with Gasteiger partial charge in [-0.2, -0.15) is 0 Å². The topological polar surface area (TPSA) is 138 Å². The number of benzene rings is 2. The van der Waals surface area contributed by atoms with Crippen LogP contribution in [0.5, 0.6) is 0 Å². The fourth-order valence-electron chi connectivity index (χ4n) is 6.05. The molecule has 4 rings (SSSR count). The number of nitrogens with one attached hydrogen (secondary N) is 1. The largest absolute Gasteiger partial charge is 0.387 e. The predicted molar refractivity (Wildman–Crippen MR) is 182 cm³/mol. The number of imide groups is 1. The summed E-state index contributed by atoms with van der Waals surface area (Å²) < 4.78 is 31.2. The second-order valence-electron chi connectivity index (χ2n) is 13.4. The molecule has 49 heavy (non-hydrogen) atoms. The fourth-order valence-corrected chi connectivity index (χ4v) is 6.05. The molecule has 0 saturated carbocycles. The van der Waals surface area contributed by atoms with E-state index in [0.29, 0.717) is 43.7 Å². The van der Waals surface area contributed by atoms with Crippen LogP contribution in [0.3, 0.4) is 0 Å². The van der Waals surface area contributed by atoms with Crippen LogP contribution in [-0.4, -0.2) is 81.8 Å². The number of rotatable bonds is 17. The van der Waals surface area contributed by atoms with Gasteiger partial charge in [0.25, 0.3) is 11.8 Å². The third-order valence-electron chi connectivity index (χ3n) is 8.42. The van der Waals surface area contributed by atoms with E-state index >= 15 is 0 Å². The summed E-state index contributed by atoms with van der Waals surface area (Å²) in [7, 11) is 0. The highest BCUT2D eigenvalue weighted by atomic mass is 19.1. The molecule has 2 atom stereocenters. The van der Waals surface area contributed by atoms with Gasteiger partial charge in [0.15, 0.2) is 5.78 Å². The molecule has 0 radical (unpaired) electrons. The van der Waals surface area contributed by atoms with E-state index in [1.165, 1.54) is 0 Å². The van der Waals surface area contributed by atoms with Crippen LogP contribution in [0, 0.1) is 17.0 Å². The molecule has 2 aromatic carbocycles. The van der Waals surface area contributed by atoms with Gasteiger partial charge in [-0.15, -0.1) is 0 Å². The molecule has 3 amide bonds. The average molecular weight is 678 g/mol. The number of hydrogen-bond acceptors (Lipinski definition) is 7. The summed E-state index contributed by atoms with van der Waals surface area (Å²) in [6.07, 6.45) is 5.12. The Kier molecular flexibility index (Phi) is 12.7. The Morgan fingerprint density at radius 3 is 2.37 bits per heavy atom. The van der Waals surface area contributed by atoms with Gasteiger partial charge in [-0.25, -0.2) is 8.78 Å². The van der Waals surface area contributed by atoms with E-state index < -0.39 is 47.4 Å². The van der Waals surface area contributed by atoms with Gasteiger partial charge in [0.1, 0.15) is 18.2 Å². The van der Waals surface area contributed by atoms with Crippen LogP contribution >= 0.6 is 0 Å². The van der Waals surface area contributed by atoms with Crippen molar-refractivity contribution in [3.63, 3.8) is 0 Å². The smallest absolute Gasteiger partial charge is 0.254 e. The minimum Gasteiger partial charge on any atom is -0.387 e. The molecule has 0 saturated heterocycles. The van der Waals surface area contributed by atoms with Gasteiger partial charge >= 0.3 is 0 Å². The van der Waals surface area contributed by atoms with E-state index in [9.17, 15) is 33.1 Å². The Morgan fingerprint density at radius 1 is 1.02 bits per heavy atom. The third-order valence-corrected chi connectivity index (χ3v) is 8.42. The quantitative estimate of drug-likeness (QED) is 0.145. The van der Waals surface area contributed by atoms with Crippen molar-refractivity contribution in [3.05, 3.63) is 95.8 Å². The number of carbonyl (C=O) groups excluding carboxylic acids is 4. The third kappa shape index (κ3) is 10.0. The highest BCUT2D eigenvalue weighted by Gasteiger charge is 2.37. The minimum atomic E-state index is -0.719. The van der Waals surface area contributed by atoms with Crippen molar-refractivity contribution in [2.75, 3.05) is 32.8 Å². The molecule has 1 aromatic heterocycles. The van der Waals surface area contributed by atoms with Crippen molar-refractivity contribution in [1.82, 2.24) is 19.7 Å². The molecular formula is C37H45F2N5O5. The fraction of sp³-hybridized carbons (Fsp3) is 0.405. The number of aromatic nitrogens is 1. The van der Waals surface area contributed by atoms with Crippen molar-refractivity contribution in [3.8, 4) is 11.1 Å². The summed E-state index contributed by atoms with van der Waals surface area (Å²) in [5, 5.41) is 13.3. The Bertz CT molecular complexity index is 1650. The number of Topliss-reactive ketones (excluding diaryl/α,β-unsaturated/α-hetero) is 1. The Labute approximate surface area is 285 Å². The minimum absolute atomic E-state index is 0.102. The van der Waals surface area contributed by atoms with Gasteiger partial charge in [0.2, 0.25) is 5.91 Å². The predicted octanol–water partition coefficient (Wildman–Crippen LogP) is 3.97. The number of halogens is 2. The number of ketones is 1. The van der Waals surface area contributed by atoms with Crippen LogP contribution in [0.25, 0.3) is 11.1 Å². The molecule has 0 spiro atoms. The number of hydrogen-bond donors (Lipinski definition) is 3. The maximum absolute atomic E-state index is 15.0. The van der Waals surface area contributed by atoms with Crippen LogP contribution in [0.15, 0.2) is 72.9 Å². The first-order valence-electron chi connectivity index (χ1n) is 16.4. The maximum Gasteiger partial charge on any atom is 0.254 e. The Morgan fingerprint density at radius 2 is 1.71 bits per heavy atom. The molecule has 12 heteroatoms. The van der Waals surface area contributed by atoms with Crippen LogP contribution in [0.2, 0.25) is 0 Å². The molecule has 262 valence electrons. The molecular weight excluding hydrogens is 632 g/mol. The lowest BCUT2D eigenvalue weighted by atomic mass is 9.82. The van der Waals surface area contributed by atoms with E-state index in [0.717, 1.165) is 40.8 Å². The second kappa shape index (κ2) is 16.7. The SMILES string of the molecule is CC(C)(C)[C@H](c1cc(-c2cc(F)ccc2F)cn1Cc1ccccc1)N(CC[C@H](N)CNCCCC(=O)CN1C(=O)C=CC1=O)C(=O)CO. The van der Waals surface area contributed by atoms with Crippen molar-refractivity contribution in [2.24, 2.45) is 11.1 Å². The molecule has 3 aromatic rings. The molecule has 4 N–H and O–H groups in total. The average Bonchev–Trinajstić information content (AvgIpc) is 3.60. The number of aliphatic hydroxyl groups is 1. The van der Waals surface area contributed by atoms with E-state index in [2.05, 4.69) is 5.32 Å². The summed E-state index contributed by atoms with van der Waals surface area (Å²) in [5.41, 5.74) is 8.12. The molecule has 1 aliphatic heterocycles. The standard InChI is InChI=1S/C37H45F2N5O5/c1-37(2,3)36(32-18-26(30-19-27(38)11-12-31(30)39)22-42(32)21-25-8-5-4-6-9-25)43(35(49)24-45)17-15-28(40)20-41-16-7-10-29(46)23-44-33(47)13-14-34(44)48/h4-6,8-9,11-14,18-19,22,28,36,41,45H,7,10,15-17,20-21,23-24,40H2,1-3H3/t28-,36-/m0/s1. The van der Waals surface area contributed by atoms with Crippen LogP contribution < -0.4 is 11.1 Å². The Balaban J connectivity index is 1.47. The first-order valence-corrected chi connectivity index (χ1v) is 16.4. The van der Waals surface area contributed by atoms with E-state index in [1.807, 2.05) is 55.7 Å². The molecule has 10 nitrogen and oxygen atoms in total. The number of amides is 3. The number of carbonyl (C=O) groups is 4. The zero-order chi connectivity index (χ0) is 35.7. The number of nitrogens with zero attached hydrogens (tertiary/aromatic N) is 3. The van der Waals surface area contributed by atoms with Crippen molar-refractivity contribution in [1.29, 1.82) is 0 Å². The monoisotopic (exact) mass is 677 g/mol. The normalized spacial score (nSPS) is 14.4. The first-order chi connectivity index (χ1) is 23.3. The molecule has 0 fully saturated rings. The lowest BCUT2D eigenvalue weighted by Gasteiger charge is -2.41. The molecule has 0 bridgehead atoms. The van der Waals surface area contributed by atoms with Gasteiger partial charge in [-0.05, 0) is 54.6 Å². The van der Waals surface area contributed by atoms with Crippen molar-refractivity contribution >= 4 is 23.5 Å². The van der Waals surface area contributed by atoms with E-state index in [1.54, 1.807) is 17.2 Å². The van der Waals surface area contributed by atoms with Crippen LogP contribution in [-0.2, 0) is 25.7 Å². The number of aliphatic hydroxyl groups excluding tert-OH is 1. The van der Waals surface area contributed by atoms with E-state index in [-0.39, 0.29) is 36.9 Å². The summed E-state index contributed by atoms with van der Waals surface area (Å²) in [6.45, 7) is 6.48. The second-order valence-corrected chi connectivity index (χ2v) is 13.4. The maximum atomic E-state index is 15.0. The first kappa shape index (κ1) is 37.3. The molecule has 2 heterocycles. The number of nitrogens with two attached hydrogens (primary N) is 1. The summed E-state index contributed by atoms with van der Waals surface area (Å²) >= 11 is 0. The van der Waals surface area contributed by atoms with Crippen molar-refractivity contribution < 1.29 is 33.1 Å². The van der Waals surface area contributed by atoms with E-state index in [4.69, 9.17) is 5.73 Å². The summed E-state index contributed by atoms with van der Waals surface area (Å²) in [5.74, 6) is -2.83. The van der Waals surface area contributed by atoms with Gasteiger partial charge in [0, 0.05) is 67.3 Å². The van der Waals surface area contributed by atoms with Gasteiger partial charge < -0.3 is 25.6 Å². The van der Waals surface area contributed by atoms with Crippen LogP contribution in [0.4, 0.5) is 8.78 Å². The summed E-state index contributed by atoms with van der Waals surface area (Å²) in [6, 6.07) is 13.8. The zero-order valence-electron chi connectivity index (χ0n) is 28.2.